The van der Waals surface area contributed by atoms with Crippen LogP contribution in [0.15, 0.2) is 64.8 Å². The summed E-state index contributed by atoms with van der Waals surface area (Å²) in [6.45, 7) is 1.54. The number of nitro benzene ring substituents is 2. The topological polar surface area (TPSA) is 181 Å². The molecule has 1 aliphatic heterocycles. The molecule has 6 rings (SSSR count). The van der Waals surface area contributed by atoms with E-state index in [4.69, 9.17) is 11.6 Å². The quantitative estimate of drug-likeness (QED) is 0.161. The number of phenolic OH excluding ortho intramolecular Hbond substituents is 1. The lowest BCUT2D eigenvalue weighted by atomic mass is 9.59. The molecule has 1 heterocycles. The molecule has 0 bridgehead atoms. The van der Waals surface area contributed by atoms with Gasteiger partial charge in [-0.15, -0.1) is 0 Å². The van der Waals surface area contributed by atoms with Crippen molar-refractivity contribution in [2.24, 2.45) is 17.8 Å². The highest BCUT2D eigenvalue weighted by Gasteiger charge is 2.57. The molecule has 13 nitrogen and oxygen atoms in total. The van der Waals surface area contributed by atoms with E-state index in [-0.39, 0.29) is 57.5 Å². The van der Waals surface area contributed by atoms with Gasteiger partial charge in [-0.3, -0.25) is 39.4 Å². The maximum Gasteiger partial charge on any atom is 0.301 e. The number of hydrogen-bond donors (Lipinski definition) is 1. The number of carbonyl (C=O) groups excluding carboxylic acids is 4. The van der Waals surface area contributed by atoms with Crippen LogP contribution in [0.2, 0.25) is 5.02 Å². The molecule has 1 fully saturated rings. The molecule has 230 valence electrons. The number of nitro groups is 2. The number of rotatable bonds is 5. The summed E-state index contributed by atoms with van der Waals surface area (Å²) in [6, 6.07) is 6.21. The molecule has 0 unspecified atom stereocenters. The van der Waals surface area contributed by atoms with Crippen molar-refractivity contribution in [3.05, 3.63) is 95.6 Å². The van der Waals surface area contributed by atoms with Crippen LogP contribution < -0.4 is 9.80 Å². The summed E-state index contributed by atoms with van der Waals surface area (Å²) >= 11 is 6.56. The number of ketones is 2. The fourth-order valence-corrected chi connectivity index (χ4v) is 7.46. The molecule has 2 amide bonds. The Balaban J connectivity index is 1.49. The maximum absolute atomic E-state index is 14.2. The van der Waals surface area contributed by atoms with Crippen LogP contribution in [0, 0.1) is 38.0 Å². The van der Waals surface area contributed by atoms with Gasteiger partial charge >= 0.3 is 11.4 Å². The minimum absolute atomic E-state index is 0.0182. The van der Waals surface area contributed by atoms with E-state index >= 15 is 0 Å². The number of phenols is 1. The van der Waals surface area contributed by atoms with Crippen molar-refractivity contribution in [1.82, 2.24) is 0 Å². The number of Topliss-reactive ketones (excluding diaryl/α,β-unsaturated/α-hetero) is 1. The van der Waals surface area contributed by atoms with Gasteiger partial charge in [-0.05, 0) is 49.5 Å². The third kappa shape index (κ3) is 4.45. The second-order valence-electron chi connectivity index (χ2n) is 11.7. The molecule has 0 spiro atoms. The molecule has 45 heavy (non-hydrogen) atoms. The van der Waals surface area contributed by atoms with Crippen molar-refractivity contribution in [3.63, 3.8) is 0 Å². The predicted octanol–water partition coefficient (Wildman–Crippen LogP) is 4.56. The van der Waals surface area contributed by atoms with Gasteiger partial charge in [0.05, 0.1) is 27.4 Å². The van der Waals surface area contributed by atoms with E-state index in [1.54, 1.807) is 12.1 Å². The molecule has 3 aliphatic carbocycles. The fourth-order valence-electron chi connectivity index (χ4n) is 7.18. The van der Waals surface area contributed by atoms with Gasteiger partial charge in [0, 0.05) is 53.9 Å². The van der Waals surface area contributed by atoms with E-state index < -0.39 is 62.5 Å². The number of fused-ring (bicyclic) bond motifs is 3. The summed E-state index contributed by atoms with van der Waals surface area (Å²) in [6.07, 6.45) is 3.06. The first-order valence-corrected chi connectivity index (χ1v) is 14.3. The van der Waals surface area contributed by atoms with E-state index in [9.17, 15) is 44.5 Å². The molecule has 2 aromatic rings. The van der Waals surface area contributed by atoms with Gasteiger partial charge in [0.15, 0.2) is 17.3 Å². The normalized spacial score (nSPS) is 24.1. The zero-order chi connectivity index (χ0) is 32.6. The number of nitrogens with zero attached hydrogens (tertiary/aromatic N) is 4. The predicted molar refractivity (Wildman–Crippen MR) is 161 cm³/mol. The number of halogens is 1. The molecule has 4 atom stereocenters. The van der Waals surface area contributed by atoms with Gasteiger partial charge in [-0.2, -0.15) is 0 Å². The van der Waals surface area contributed by atoms with E-state index in [2.05, 4.69) is 0 Å². The molecule has 4 aliphatic rings. The molecule has 1 N–H and O–H groups in total. The number of hydrogen-bond acceptors (Lipinski definition) is 10. The number of aromatic hydroxyl groups is 1. The number of anilines is 2. The standard InChI is InChI=1S/C31H25ClN4O9/c1-13-8-24(38)20-12-19-16(25(27(20)29(13)39)17-5-4-15(37)11-21(17)32)6-7-18-26(19)31(41)34(30(18)40)14-9-22(35(42)43)28(33(2)3)23(10-14)36(44)45/h4-6,8-11,18-19,25-26,37H,7,12H2,1-3H3/t18-,19+,25+,26-/m0/s1. The van der Waals surface area contributed by atoms with Crippen molar-refractivity contribution >= 4 is 57.7 Å². The molecular weight excluding hydrogens is 608 g/mol. The Bertz CT molecular complexity index is 1860. The van der Waals surface area contributed by atoms with Crippen molar-refractivity contribution < 1.29 is 34.1 Å². The average Bonchev–Trinajstić information content (AvgIpc) is 3.23. The zero-order valence-corrected chi connectivity index (χ0v) is 24.9. The zero-order valence-electron chi connectivity index (χ0n) is 24.1. The van der Waals surface area contributed by atoms with Gasteiger partial charge in [-0.25, -0.2) is 4.90 Å². The summed E-state index contributed by atoms with van der Waals surface area (Å²) in [5, 5.41) is 34.1. The van der Waals surface area contributed by atoms with Gasteiger partial charge in [0.2, 0.25) is 11.8 Å². The minimum atomic E-state index is -1.02. The Morgan fingerprint density at radius 3 is 2.20 bits per heavy atom. The molecule has 2 aromatic carbocycles. The lowest BCUT2D eigenvalue weighted by Gasteiger charge is -2.42. The van der Waals surface area contributed by atoms with Gasteiger partial charge in [0.25, 0.3) is 0 Å². The Labute approximate surface area is 260 Å². The van der Waals surface area contributed by atoms with Gasteiger partial charge in [0.1, 0.15) is 5.75 Å². The van der Waals surface area contributed by atoms with Crippen LogP contribution in [0.3, 0.4) is 0 Å². The van der Waals surface area contributed by atoms with Crippen LogP contribution in [0.4, 0.5) is 22.7 Å². The Kier molecular flexibility index (Phi) is 6.96. The highest BCUT2D eigenvalue weighted by molar-refractivity contribution is 6.32. The molecule has 0 radical (unpaired) electrons. The maximum atomic E-state index is 14.2. The van der Waals surface area contributed by atoms with Crippen LogP contribution in [0.1, 0.15) is 31.2 Å². The lowest BCUT2D eigenvalue weighted by molar-refractivity contribution is -0.392. The SMILES string of the molecule is CC1=CC(=O)C2=C(C1=O)[C@@H](c1ccc(O)cc1Cl)C1=CC[C@@H]3C(=O)N(c4cc([N+](=O)[O-])c(N(C)C)c([N+](=O)[O-])c4)C(=O)[C@@H]3[C@@H]1C2. The average molecular weight is 633 g/mol. The van der Waals surface area contributed by atoms with E-state index in [0.717, 1.165) is 17.0 Å². The Morgan fingerprint density at radius 2 is 1.62 bits per heavy atom. The van der Waals surface area contributed by atoms with E-state index in [1.165, 1.54) is 44.1 Å². The van der Waals surface area contributed by atoms with E-state index in [0.29, 0.717) is 11.1 Å². The first kappa shape index (κ1) is 29.9. The number of imide groups is 1. The first-order chi connectivity index (χ1) is 21.2. The summed E-state index contributed by atoms with van der Waals surface area (Å²) in [4.78, 5) is 79.1. The molecule has 14 heteroatoms. The van der Waals surface area contributed by atoms with Crippen molar-refractivity contribution in [3.8, 4) is 5.75 Å². The highest BCUT2D eigenvalue weighted by Crippen LogP contribution is 2.56. The smallest absolute Gasteiger partial charge is 0.301 e. The second-order valence-corrected chi connectivity index (χ2v) is 12.1. The van der Waals surface area contributed by atoms with Crippen molar-refractivity contribution in [2.45, 2.75) is 25.7 Å². The van der Waals surface area contributed by atoms with Crippen LogP contribution >= 0.6 is 11.6 Å². The molecule has 0 aromatic heterocycles. The second kappa shape index (κ2) is 10.5. The Hall–Kier alpha value is -5.17. The minimum Gasteiger partial charge on any atom is -0.508 e. The first-order valence-electron chi connectivity index (χ1n) is 13.9. The van der Waals surface area contributed by atoms with E-state index in [1.807, 2.05) is 0 Å². The van der Waals surface area contributed by atoms with Gasteiger partial charge < -0.3 is 10.0 Å². The highest BCUT2D eigenvalue weighted by atomic mass is 35.5. The lowest BCUT2D eigenvalue weighted by Crippen LogP contribution is -2.40. The monoisotopic (exact) mass is 632 g/mol. The number of allylic oxidation sites excluding steroid dienone is 6. The summed E-state index contributed by atoms with van der Waals surface area (Å²) < 4.78 is 0. The third-order valence-corrected chi connectivity index (χ3v) is 9.34. The summed E-state index contributed by atoms with van der Waals surface area (Å²) in [5.74, 6) is -5.77. The molecule has 1 saturated heterocycles. The van der Waals surface area contributed by atoms with Crippen LogP contribution in [0.25, 0.3) is 0 Å². The number of amides is 2. The van der Waals surface area contributed by atoms with Crippen LogP contribution in [-0.2, 0) is 19.2 Å². The number of benzene rings is 2. The summed E-state index contributed by atoms with van der Waals surface area (Å²) in [5.41, 5.74) is -0.181. The third-order valence-electron chi connectivity index (χ3n) is 9.01. The molecule has 0 saturated carbocycles. The van der Waals surface area contributed by atoms with Crippen molar-refractivity contribution in [2.75, 3.05) is 23.9 Å². The fraction of sp³-hybridized carbons (Fsp3) is 0.290. The van der Waals surface area contributed by atoms with Crippen LogP contribution in [-0.4, -0.2) is 52.4 Å². The molecular formula is C31H25ClN4O9. The summed E-state index contributed by atoms with van der Waals surface area (Å²) in [7, 11) is 2.80. The number of carbonyl (C=O) groups is 4. The largest absolute Gasteiger partial charge is 0.508 e. The van der Waals surface area contributed by atoms with Crippen molar-refractivity contribution in [1.29, 1.82) is 0 Å². The van der Waals surface area contributed by atoms with Crippen LogP contribution in [0.5, 0.6) is 5.75 Å². The Morgan fingerprint density at radius 1 is 0.978 bits per heavy atom. The van der Waals surface area contributed by atoms with Gasteiger partial charge in [-0.1, -0.05) is 29.3 Å².